The lowest BCUT2D eigenvalue weighted by Gasteiger charge is -2.08. The smallest absolute Gasteiger partial charge is 0.255 e. The van der Waals surface area contributed by atoms with Crippen molar-refractivity contribution in [3.05, 3.63) is 53.3 Å². The van der Waals surface area contributed by atoms with Gasteiger partial charge in [0, 0.05) is 18.0 Å². The predicted molar refractivity (Wildman–Crippen MR) is 91.7 cm³/mol. The summed E-state index contributed by atoms with van der Waals surface area (Å²) in [6.07, 6.45) is 1.66. The minimum Gasteiger partial charge on any atom is -0.321 e. The number of aromatic nitrogens is 3. The van der Waals surface area contributed by atoms with Gasteiger partial charge in [-0.2, -0.15) is 5.10 Å². The summed E-state index contributed by atoms with van der Waals surface area (Å²) < 4.78 is 1.74. The van der Waals surface area contributed by atoms with Crippen LogP contribution in [0.4, 0.5) is 5.69 Å². The number of nitrogens with zero attached hydrogens (tertiary/aromatic N) is 3. The molecule has 0 aliphatic heterocycles. The van der Waals surface area contributed by atoms with Crippen molar-refractivity contribution in [2.75, 3.05) is 5.32 Å². The first-order valence-electron chi connectivity index (χ1n) is 7.66. The molecule has 0 spiro atoms. The fourth-order valence-electron chi connectivity index (χ4n) is 2.60. The molecule has 5 nitrogen and oxygen atoms in total. The lowest BCUT2D eigenvalue weighted by molar-refractivity contribution is 0.102. The van der Waals surface area contributed by atoms with Crippen LogP contribution in [0.3, 0.4) is 0 Å². The molecule has 23 heavy (non-hydrogen) atoms. The van der Waals surface area contributed by atoms with Crippen molar-refractivity contribution >= 4 is 22.6 Å². The second kappa shape index (κ2) is 5.83. The van der Waals surface area contributed by atoms with Gasteiger partial charge in [-0.1, -0.05) is 26.0 Å². The zero-order chi connectivity index (χ0) is 16.6. The van der Waals surface area contributed by atoms with Crippen LogP contribution in [0, 0.1) is 6.92 Å². The molecule has 0 saturated carbocycles. The number of anilines is 1. The lowest BCUT2D eigenvalue weighted by atomic mass is 10.0. The van der Waals surface area contributed by atoms with Crippen LogP contribution in [-0.4, -0.2) is 20.7 Å². The topological polar surface area (TPSA) is 59.8 Å². The van der Waals surface area contributed by atoms with Gasteiger partial charge < -0.3 is 5.32 Å². The molecule has 3 aromatic rings. The number of nitrogens with one attached hydrogen (secondary N) is 1. The van der Waals surface area contributed by atoms with E-state index in [2.05, 4.69) is 29.2 Å². The Balaban J connectivity index is 1.83. The molecule has 1 amide bonds. The van der Waals surface area contributed by atoms with Gasteiger partial charge in [-0.3, -0.25) is 9.48 Å². The second-order valence-electron chi connectivity index (χ2n) is 6.04. The Labute approximate surface area is 135 Å². The van der Waals surface area contributed by atoms with E-state index in [4.69, 9.17) is 0 Å². The van der Waals surface area contributed by atoms with Crippen LogP contribution in [0.2, 0.25) is 0 Å². The summed E-state index contributed by atoms with van der Waals surface area (Å²) in [5.41, 5.74) is 4.23. The molecular weight excluding hydrogens is 288 g/mol. The number of hydrogen-bond donors (Lipinski definition) is 1. The van der Waals surface area contributed by atoms with Crippen molar-refractivity contribution in [1.82, 2.24) is 14.8 Å². The van der Waals surface area contributed by atoms with Crippen LogP contribution in [-0.2, 0) is 7.05 Å². The number of carbonyl (C=O) groups is 1. The first kappa shape index (κ1) is 15.2. The highest BCUT2D eigenvalue weighted by atomic mass is 16.1. The number of rotatable bonds is 3. The Kier molecular flexibility index (Phi) is 3.86. The van der Waals surface area contributed by atoms with E-state index < -0.39 is 0 Å². The van der Waals surface area contributed by atoms with Gasteiger partial charge in [-0.15, -0.1) is 0 Å². The molecule has 0 unspecified atom stereocenters. The van der Waals surface area contributed by atoms with E-state index in [1.807, 2.05) is 44.3 Å². The number of pyridine rings is 1. The van der Waals surface area contributed by atoms with Crippen LogP contribution in [0.25, 0.3) is 11.0 Å². The highest BCUT2D eigenvalue weighted by molar-refractivity contribution is 6.04. The van der Waals surface area contributed by atoms with Crippen molar-refractivity contribution < 1.29 is 4.79 Å². The van der Waals surface area contributed by atoms with Crippen molar-refractivity contribution in [3.8, 4) is 0 Å². The molecule has 5 heteroatoms. The van der Waals surface area contributed by atoms with Gasteiger partial charge in [0.1, 0.15) is 0 Å². The van der Waals surface area contributed by atoms with Crippen molar-refractivity contribution in [1.29, 1.82) is 0 Å². The molecule has 0 aliphatic carbocycles. The summed E-state index contributed by atoms with van der Waals surface area (Å²) in [7, 11) is 1.86. The summed E-state index contributed by atoms with van der Waals surface area (Å²) in [6.45, 7) is 6.19. The van der Waals surface area contributed by atoms with E-state index in [1.165, 1.54) is 5.56 Å². The minimum atomic E-state index is -0.136. The third-order valence-electron chi connectivity index (χ3n) is 3.96. The van der Waals surface area contributed by atoms with Gasteiger partial charge in [0.2, 0.25) is 0 Å². The molecule has 0 saturated heterocycles. The Morgan fingerprint density at radius 1 is 1.22 bits per heavy atom. The average Bonchev–Trinajstić information content (AvgIpc) is 2.81. The van der Waals surface area contributed by atoms with Crippen molar-refractivity contribution in [3.63, 3.8) is 0 Å². The number of aryl methyl sites for hydroxylation is 2. The second-order valence-corrected chi connectivity index (χ2v) is 6.04. The Morgan fingerprint density at radius 3 is 2.57 bits per heavy atom. The summed E-state index contributed by atoms with van der Waals surface area (Å²) in [6, 6.07) is 9.60. The standard InChI is InChI=1S/C18H20N4O/c1-11(2)13-5-7-14(8-6-13)18(23)20-15-9-16-12(3)21-22(4)17(16)19-10-15/h5-11H,1-4H3,(H,20,23). The van der Waals surface area contributed by atoms with Gasteiger partial charge in [0.15, 0.2) is 5.65 Å². The third-order valence-corrected chi connectivity index (χ3v) is 3.96. The quantitative estimate of drug-likeness (QED) is 0.803. The van der Waals surface area contributed by atoms with Crippen LogP contribution in [0.5, 0.6) is 0 Å². The van der Waals surface area contributed by atoms with E-state index in [9.17, 15) is 4.79 Å². The fraction of sp³-hybridized carbons (Fsp3) is 0.278. The molecule has 0 atom stereocenters. The first-order valence-corrected chi connectivity index (χ1v) is 7.66. The molecule has 0 fully saturated rings. The van der Waals surface area contributed by atoms with E-state index in [0.29, 0.717) is 17.2 Å². The van der Waals surface area contributed by atoms with Crippen LogP contribution >= 0.6 is 0 Å². The molecular formula is C18H20N4O. The highest BCUT2D eigenvalue weighted by Crippen LogP contribution is 2.20. The van der Waals surface area contributed by atoms with Crippen LogP contribution in [0.15, 0.2) is 36.5 Å². The molecule has 118 valence electrons. The SMILES string of the molecule is Cc1nn(C)c2ncc(NC(=O)c3ccc(C(C)C)cc3)cc12. The van der Waals surface area contributed by atoms with Crippen molar-refractivity contribution in [2.24, 2.45) is 7.05 Å². The molecule has 0 radical (unpaired) electrons. The summed E-state index contributed by atoms with van der Waals surface area (Å²) in [5, 5.41) is 8.18. The molecule has 2 aromatic heterocycles. The van der Waals surface area contributed by atoms with Crippen LogP contribution < -0.4 is 5.32 Å². The maximum atomic E-state index is 12.4. The maximum absolute atomic E-state index is 12.4. The van der Waals surface area contributed by atoms with E-state index >= 15 is 0 Å². The van der Waals surface area contributed by atoms with E-state index in [0.717, 1.165) is 16.7 Å². The molecule has 1 aromatic carbocycles. The summed E-state index contributed by atoms with van der Waals surface area (Å²) in [4.78, 5) is 16.7. The van der Waals surface area contributed by atoms with Gasteiger partial charge >= 0.3 is 0 Å². The van der Waals surface area contributed by atoms with Crippen LogP contribution in [0.1, 0.15) is 41.4 Å². The molecule has 0 bridgehead atoms. The van der Waals surface area contributed by atoms with E-state index in [-0.39, 0.29) is 5.91 Å². The molecule has 2 heterocycles. The predicted octanol–water partition coefficient (Wildman–Crippen LogP) is 3.65. The normalized spacial score (nSPS) is 11.2. The van der Waals surface area contributed by atoms with Gasteiger partial charge in [0.25, 0.3) is 5.91 Å². The lowest BCUT2D eigenvalue weighted by Crippen LogP contribution is -2.12. The number of carbonyl (C=O) groups excluding carboxylic acids is 1. The largest absolute Gasteiger partial charge is 0.321 e. The van der Waals surface area contributed by atoms with Gasteiger partial charge in [-0.25, -0.2) is 4.98 Å². The van der Waals surface area contributed by atoms with Crippen molar-refractivity contribution in [2.45, 2.75) is 26.7 Å². The number of fused-ring (bicyclic) bond motifs is 1. The fourth-order valence-corrected chi connectivity index (χ4v) is 2.60. The molecule has 1 N–H and O–H groups in total. The average molecular weight is 308 g/mol. The number of amides is 1. The zero-order valence-corrected chi connectivity index (χ0v) is 13.8. The third kappa shape index (κ3) is 2.95. The summed E-state index contributed by atoms with van der Waals surface area (Å²) in [5.74, 6) is 0.315. The van der Waals surface area contributed by atoms with Gasteiger partial charge in [0.05, 0.1) is 17.6 Å². The Hall–Kier alpha value is -2.69. The zero-order valence-electron chi connectivity index (χ0n) is 13.8. The Bertz CT molecular complexity index is 863. The number of hydrogen-bond acceptors (Lipinski definition) is 3. The monoisotopic (exact) mass is 308 g/mol. The number of benzene rings is 1. The first-order chi connectivity index (χ1) is 11.0. The maximum Gasteiger partial charge on any atom is 0.255 e. The molecule has 3 rings (SSSR count). The molecule has 0 aliphatic rings. The highest BCUT2D eigenvalue weighted by Gasteiger charge is 2.10. The summed E-state index contributed by atoms with van der Waals surface area (Å²) >= 11 is 0. The van der Waals surface area contributed by atoms with E-state index in [1.54, 1.807) is 10.9 Å². The van der Waals surface area contributed by atoms with Gasteiger partial charge in [-0.05, 0) is 36.6 Å². The Morgan fingerprint density at radius 2 is 1.91 bits per heavy atom. The minimum absolute atomic E-state index is 0.136.